The van der Waals surface area contributed by atoms with E-state index in [-0.39, 0.29) is 23.1 Å². The number of esters is 1. The van der Waals surface area contributed by atoms with Gasteiger partial charge in [0.25, 0.3) is 0 Å². The standard InChI is InChI=1S/C26H25N3O3/c1-26(2,3)17-10-8-15(9-11-17)16-12-21-20(22(30)13-16)14-27-25(28-21)29-23-18-6-4-5-7-19(18)24(31)32-23/h4-11,14,16,23H,12-13H2,1-3H3,(H,27,28,29)/t16-,23+/m1/s1. The molecule has 0 saturated heterocycles. The van der Waals surface area contributed by atoms with Crippen LogP contribution in [0.5, 0.6) is 0 Å². The van der Waals surface area contributed by atoms with Gasteiger partial charge in [0.1, 0.15) is 0 Å². The Kier molecular flexibility index (Phi) is 4.81. The van der Waals surface area contributed by atoms with Gasteiger partial charge in [0.2, 0.25) is 12.2 Å². The zero-order valence-corrected chi connectivity index (χ0v) is 18.4. The highest BCUT2D eigenvalue weighted by atomic mass is 16.6. The normalized spacial score (nSPS) is 19.8. The van der Waals surface area contributed by atoms with Crippen LogP contribution in [0.1, 0.15) is 82.4 Å². The smallest absolute Gasteiger partial charge is 0.340 e. The number of benzene rings is 2. The summed E-state index contributed by atoms with van der Waals surface area (Å²) in [4.78, 5) is 33.8. The molecule has 6 heteroatoms. The summed E-state index contributed by atoms with van der Waals surface area (Å²) in [5.41, 5.74) is 5.09. The number of carbonyl (C=O) groups excluding carboxylic acids is 2. The minimum Gasteiger partial charge on any atom is -0.434 e. The Morgan fingerprint density at radius 1 is 0.969 bits per heavy atom. The number of nitrogens with one attached hydrogen (secondary N) is 1. The number of hydrogen-bond acceptors (Lipinski definition) is 6. The quantitative estimate of drug-likeness (QED) is 0.595. The molecule has 3 aromatic rings. The summed E-state index contributed by atoms with van der Waals surface area (Å²) in [6, 6.07) is 15.8. The molecule has 0 unspecified atom stereocenters. The van der Waals surface area contributed by atoms with Gasteiger partial charge in [-0.15, -0.1) is 0 Å². The first-order valence-corrected chi connectivity index (χ1v) is 10.9. The number of rotatable bonds is 3. The SMILES string of the molecule is CC(C)(C)c1ccc([C@H]2CC(=O)c3cnc(N[C@H]4OC(=O)c5ccccc54)nc3C2)cc1. The maximum absolute atomic E-state index is 12.8. The van der Waals surface area contributed by atoms with Gasteiger partial charge in [0, 0.05) is 18.2 Å². The van der Waals surface area contributed by atoms with Crippen LogP contribution in [0.3, 0.4) is 0 Å². The van der Waals surface area contributed by atoms with Crippen molar-refractivity contribution in [2.75, 3.05) is 5.32 Å². The molecule has 2 aliphatic rings. The Balaban J connectivity index is 1.38. The molecule has 0 amide bonds. The Morgan fingerprint density at radius 3 is 2.47 bits per heavy atom. The first-order chi connectivity index (χ1) is 15.3. The van der Waals surface area contributed by atoms with Crippen molar-refractivity contribution < 1.29 is 14.3 Å². The Labute approximate surface area is 187 Å². The number of ether oxygens (including phenoxy) is 1. The van der Waals surface area contributed by atoms with E-state index in [0.717, 1.165) is 16.8 Å². The molecule has 0 fully saturated rings. The van der Waals surface area contributed by atoms with Gasteiger partial charge in [0.15, 0.2) is 5.78 Å². The van der Waals surface area contributed by atoms with Crippen LogP contribution in [0.2, 0.25) is 0 Å². The van der Waals surface area contributed by atoms with Crippen LogP contribution < -0.4 is 5.32 Å². The second-order valence-corrected chi connectivity index (χ2v) is 9.47. The van der Waals surface area contributed by atoms with E-state index >= 15 is 0 Å². The van der Waals surface area contributed by atoms with Gasteiger partial charge in [-0.2, -0.15) is 0 Å². The van der Waals surface area contributed by atoms with E-state index in [1.807, 2.05) is 12.1 Å². The summed E-state index contributed by atoms with van der Waals surface area (Å²) >= 11 is 0. The number of carbonyl (C=O) groups is 2. The summed E-state index contributed by atoms with van der Waals surface area (Å²) in [7, 11) is 0. The molecule has 6 nitrogen and oxygen atoms in total. The first kappa shape index (κ1) is 20.4. The fourth-order valence-corrected chi connectivity index (χ4v) is 4.38. The lowest BCUT2D eigenvalue weighted by atomic mass is 9.80. The van der Waals surface area contributed by atoms with E-state index in [4.69, 9.17) is 4.74 Å². The monoisotopic (exact) mass is 427 g/mol. The molecule has 1 aromatic heterocycles. The molecule has 2 heterocycles. The van der Waals surface area contributed by atoms with Gasteiger partial charge in [-0.05, 0) is 34.9 Å². The van der Waals surface area contributed by atoms with Crippen molar-refractivity contribution in [1.82, 2.24) is 9.97 Å². The summed E-state index contributed by atoms with van der Waals surface area (Å²) in [5, 5.41) is 3.09. The summed E-state index contributed by atoms with van der Waals surface area (Å²) in [5.74, 6) is 0.108. The van der Waals surface area contributed by atoms with E-state index in [1.54, 1.807) is 18.3 Å². The van der Waals surface area contributed by atoms with Crippen LogP contribution in [0.25, 0.3) is 0 Å². The van der Waals surface area contributed by atoms with Crippen LogP contribution in [-0.2, 0) is 16.6 Å². The first-order valence-electron chi connectivity index (χ1n) is 10.9. The predicted octanol–water partition coefficient (Wildman–Crippen LogP) is 4.97. The fourth-order valence-electron chi connectivity index (χ4n) is 4.38. The van der Waals surface area contributed by atoms with Crippen molar-refractivity contribution in [3.63, 3.8) is 0 Å². The molecule has 0 radical (unpaired) electrons. The lowest BCUT2D eigenvalue weighted by molar-refractivity contribution is 0.0436. The Bertz CT molecular complexity index is 1210. The maximum atomic E-state index is 12.8. The molecule has 32 heavy (non-hydrogen) atoms. The van der Waals surface area contributed by atoms with Gasteiger partial charge in [-0.1, -0.05) is 63.2 Å². The number of aromatic nitrogens is 2. The summed E-state index contributed by atoms with van der Waals surface area (Å²) in [6.07, 6.45) is 2.05. The lowest BCUT2D eigenvalue weighted by Gasteiger charge is -2.25. The van der Waals surface area contributed by atoms with Crippen molar-refractivity contribution in [2.24, 2.45) is 0 Å². The molecule has 2 aromatic carbocycles. The molecule has 2 atom stereocenters. The highest BCUT2D eigenvalue weighted by Gasteiger charge is 2.32. The van der Waals surface area contributed by atoms with Crippen molar-refractivity contribution in [3.05, 3.63) is 88.2 Å². The van der Waals surface area contributed by atoms with Gasteiger partial charge < -0.3 is 10.1 Å². The minimum absolute atomic E-state index is 0.0559. The number of nitrogens with zero attached hydrogens (tertiary/aromatic N) is 2. The highest BCUT2D eigenvalue weighted by molar-refractivity contribution is 5.98. The fraction of sp³-hybridized carbons (Fsp3) is 0.308. The van der Waals surface area contributed by atoms with Crippen LogP contribution in [0, 0.1) is 0 Å². The third-order valence-electron chi connectivity index (χ3n) is 6.24. The van der Waals surface area contributed by atoms with E-state index in [2.05, 4.69) is 60.3 Å². The van der Waals surface area contributed by atoms with E-state index in [0.29, 0.717) is 29.9 Å². The molecular weight excluding hydrogens is 402 g/mol. The molecular formula is C26H25N3O3. The lowest BCUT2D eigenvalue weighted by Crippen LogP contribution is -2.22. The van der Waals surface area contributed by atoms with Crippen LogP contribution in [0.15, 0.2) is 54.7 Å². The topological polar surface area (TPSA) is 81.2 Å². The average Bonchev–Trinajstić information content (AvgIpc) is 3.08. The Hall–Kier alpha value is -3.54. The predicted molar refractivity (Wildman–Crippen MR) is 121 cm³/mol. The molecule has 5 rings (SSSR count). The molecule has 1 aliphatic carbocycles. The highest BCUT2D eigenvalue weighted by Crippen LogP contribution is 2.34. The van der Waals surface area contributed by atoms with Crippen molar-refractivity contribution >= 4 is 17.7 Å². The van der Waals surface area contributed by atoms with Crippen molar-refractivity contribution in [1.29, 1.82) is 0 Å². The zero-order valence-electron chi connectivity index (χ0n) is 18.4. The van der Waals surface area contributed by atoms with Gasteiger partial charge in [-0.25, -0.2) is 14.8 Å². The minimum atomic E-state index is -0.642. The number of hydrogen-bond donors (Lipinski definition) is 1. The van der Waals surface area contributed by atoms with Crippen molar-refractivity contribution in [2.45, 2.75) is 51.2 Å². The van der Waals surface area contributed by atoms with Gasteiger partial charge in [0.05, 0.1) is 16.8 Å². The molecule has 0 spiro atoms. The third kappa shape index (κ3) is 3.66. The molecule has 0 bridgehead atoms. The molecule has 1 aliphatic heterocycles. The number of anilines is 1. The van der Waals surface area contributed by atoms with Crippen LogP contribution in [-0.4, -0.2) is 21.7 Å². The van der Waals surface area contributed by atoms with E-state index in [9.17, 15) is 9.59 Å². The van der Waals surface area contributed by atoms with Gasteiger partial charge in [-0.3, -0.25) is 4.79 Å². The second kappa shape index (κ2) is 7.55. The number of Topliss-reactive ketones (excluding diaryl/α,β-unsaturated/α-hetero) is 1. The van der Waals surface area contributed by atoms with Crippen LogP contribution in [0.4, 0.5) is 5.95 Å². The summed E-state index contributed by atoms with van der Waals surface area (Å²) in [6.45, 7) is 6.57. The molecule has 1 N–H and O–H groups in total. The van der Waals surface area contributed by atoms with Gasteiger partial charge >= 0.3 is 5.97 Å². The van der Waals surface area contributed by atoms with E-state index < -0.39 is 6.23 Å². The zero-order chi connectivity index (χ0) is 22.5. The summed E-state index contributed by atoms with van der Waals surface area (Å²) < 4.78 is 5.43. The van der Waals surface area contributed by atoms with Crippen LogP contribution >= 0.6 is 0 Å². The third-order valence-corrected chi connectivity index (χ3v) is 6.24. The molecule has 162 valence electrons. The van der Waals surface area contributed by atoms with E-state index in [1.165, 1.54) is 5.56 Å². The maximum Gasteiger partial charge on any atom is 0.340 e. The second-order valence-electron chi connectivity index (χ2n) is 9.47. The number of fused-ring (bicyclic) bond motifs is 2. The van der Waals surface area contributed by atoms with Crippen molar-refractivity contribution in [3.8, 4) is 0 Å². The Morgan fingerprint density at radius 2 is 1.72 bits per heavy atom. The molecule has 0 saturated carbocycles. The number of cyclic esters (lactones) is 1. The largest absolute Gasteiger partial charge is 0.434 e. The number of ketones is 1. The average molecular weight is 428 g/mol.